The van der Waals surface area contributed by atoms with Gasteiger partial charge in [-0.1, -0.05) is 11.8 Å². The van der Waals surface area contributed by atoms with Gasteiger partial charge in [0.15, 0.2) is 0 Å². The van der Waals surface area contributed by atoms with Crippen LogP contribution in [0.2, 0.25) is 0 Å². The summed E-state index contributed by atoms with van der Waals surface area (Å²) in [5, 5.41) is 5.22. The fourth-order valence-electron chi connectivity index (χ4n) is 3.20. The first-order chi connectivity index (χ1) is 16.0. The van der Waals surface area contributed by atoms with Crippen molar-refractivity contribution in [2.75, 3.05) is 26.0 Å². The molecule has 0 saturated heterocycles. The van der Waals surface area contributed by atoms with Gasteiger partial charge in [-0.15, -0.1) is 0 Å². The number of amides is 2. The average molecular weight is 477 g/mol. The van der Waals surface area contributed by atoms with Crippen LogP contribution in [-0.2, 0) is 6.54 Å². The summed E-state index contributed by atoms with van der Waals surface area (Å²) in [5.41, 5.74) is 5.73. The number of nitrogens with two attached hydrogens (primary N) is 1. The molecule has 12 heteroatoms. The zero-order valence-corrected chi connectivity index (χ0v) is 18.0. The number of anilines is 1. The van der Waals surface area contributed by atoms with E-state index in [9.17, 15) is 27.2 Å². The van der Waals surface area contributed by atoms with Crippen LogP contribution in [0.25, 0.3) is 11.0 Å². The summed E-state index contributed by atoms with van der Waals surface area (Å²) in [6.45, 7) is -1.29. The lowest BCUT2D eigenvalue weighted by molar-refractivity contribution is -0.139. The predicted octanol–water partition coefficient (Wildman–Crippen LogP) is 2.67. The number of primary amides is 1. The van der Waals surface area contributed by atoms with Crippen LogP contribution in [0.4, 0.5) is 23.2 Å². The number of benzene rings is 2. The van der Waals surface area contributed by atoms with Crippen LogP contribution in [0.3, 0.4) is 0 Å². The highest BCUT2D eigenvalue weighted by Crippen LogP contribution is 2.28. The largest absolute Gasteiger partial charge is 0.494 e. The number of hydrogen-bond donors (Lipinski definition) is 3. The number of nitrogens with one attached hydrogen (secondary N) is 2. The molecule has 0 atom stereocenters. The van der Waals surface area contributed by atoms with Crippen molar-refractivity contribution in [3.63, 3.8) is 0 Å². The molecule has 0 unspecified atom stereocenters. The number of carbonyl (C=O) groups excluding carboxylic acids is 2. The lowest BCUT2D eigenvalue weighted by Gasteiger charge is -2.12. The molecule has 0 aliphatic heterocycles. The quantitative estimate of drug-likeness (QED) is 0.374. The second-order valence-electron chi connectivity index (χ2n) is 7.01. The number of imidazole rings is 1. The molecule has 34 heavy (non-hydrogen) atoms. The number of fused-ring (bicyclic) bond motifs is 1. The van der Waals surface area contributed by atoms with Gasteiger partial charge in [0, 0.05) is 18.7 Å². The molecular formula is C22H19F4N5O3. The molecule has 2 amide bonds. The van der Waals surface area contributed by atoms with E-state index in [-0.39, 0.29) is 40.0 Å². The molecule has 3 aromatic rings. The summed E-state index contributed by atoms with van der Waals surface area (Å²) >= 11 is 0. The molecule has 0 fully saturated rings. The third-order valence-electron chi connectivity index (χ3n) is 4.70. The molecule has 1 heterocycles. The van der Waals surface area contributed by atoms with Gasteiger partial charge in [0.2, 0.25) is 0 Å². The van der Waals surface area contributed by atoms with Crippen LogP contribution in [-0.4, -0.2) is 48.2 Å². The van der Waals surface area contributed by atoms with E-state index >= 15 is 0 Å². The van der Waals surface area contributed by atoms with E-state index in [1.165, 1.54) is 32.4 Å². The monoisotopic (exact) mass is 477 g/mol. The molecule has 3 rings (SSSR count). The van der Waals surface area contributed by atoms with E-state index in [4.69, 9.17) is 10.5 Å². The Morgan fingerprint density at radius 3 is 2.56 bits per heavy atom. The Hall–Kier alpha value is -4.27. The van der Waals surface area contributed by atoms with Gasteiger partial charge in [0.25, 0.3) is 11.8 Å². The number of rotatable bonds is 6. The number of alkyl halides is 3. The van der Waals surface area contributed by atoms with Gasteiger partial charge >= 0.3 is 6.18 Å². The summed E-state index contributed by atoms with van der Waals surface area (Å²) in [6.07, 6.45) is -3.51. The van der Waals surface area contributed by atoms with Crippen molar-refractivity contribution >= 4 is 28.5 Å². The molecule has 0 radical (unpaired) electrons. The molecule has 0 bridgehead atoms. The lowest BCUT2D eigenvalue weighted by atomic mass is 10.1. The molecule has 4 N–H and O–H groups in total. The van der Waals surface area contributed by atoms with Crippen molar-refractivity contribution < 1.29 is 31.9 Å². The van der Waals surface area contributed by atoms with Crippen molar-refractivity contribution in [1.82, 2.24) is 14.9 Å². The highest BCUT2D eigenvalue weighted by Gasteiger charge is 2.29. The van der Waals surface area contributed by atoms with Crippen molar-refractivity contribution in [2.45, 2.75) is 12.7 Å². The summed E-state index contributed by atoms with van der Waals surface area (Å²) in [4.78, 5) is 27.5. The Kier molecular flexibility index (Phi) is 6.95. The molecule has 2 aromatic carbocycles. The molecule has 0 saturated carbocycles. The Balaban J connectivity index is 1.90. The smallest absolute Gasteiger partial charge is 0.406 e. The van der Waals surface area contributed by atoms with Crippen LogP contribution in [0.1, 0.15) is 26.3 Å². The summed E-state index contributed by atoms with van der Waals surface area (Å²) in [7, 11) is 2.69. The number of aromatic nitrogens is 2. The zero-order valence-electron chi connectivity index (χ0n) is 18.0. The Labute approximate surface area is 191 Å². The molecule has 178 valence electrons. The fourth-order valence-corrected chi connectivity index (χ4v) is 3.20. The number of hydrogen-bond acceptors (Lipinski definition) is 5. The van der Waals surface area contributed by atoms with E-state index in [2.05, 4.69) is 27.5 Å². The maximum Gasteiger partial charge on any atom is 0.406 e. The van der Waals surface area contributed by atoms with Crippen LogP contribution in [0, 0.1) is 17.7 Å². The van der Waals surface area contributed by atoms with Gasteiger partial charge in [0.1, 0.15) is 23.6 Å². The van der Waals surface area contributed by atoms with Crippen LogP contribution >= 0.6 is 0 Å². The normalized spacial score (nSPS) is 11.0. The van der Waals surface area contributed by atoms with Crippen LogP contribution < -0.4 is 21.1 Å². The van der Waals surface area contributed by atoms with E-state index in [1.54, 1.807) is 0 Å². The lowest BCUT2D eigenvalue weighted by Crippen LogP contribution is -2.19. The number of ether oxygens (including phenoxy) is 1. The van der Waals surface area contributed by atoms with Crippen LogP contribution in [0.5, 0.6) is 5.75 Å². The molecular weight excluding hydrogens is 458 g/mol. The Morgan fingerprint density at radius 2 is 1.94 bits per heavy atom. The Bertz CT molecular complexity index is 1320. The minimum absolute atomic E-state index is 0.000924. The van der Waals surface area contributed by atoms with Crippen molar-refractivity contribution in [3.05, 3.63) is 53.1 Å². The first-order valence-electron chi connectivity index (χ1n) is 9.72. The zero-order chi connectivity index (χ0) is 25.0. The summed E-state index contributed by atoms with van der Waals surface area (Å²) in [6, 6.07) is 5.03. The summed E-state index contributed by atoms with van der Waals surface area (Å²) in [5.74, 6) is 3.38. The number of halogens is 4. The molecule has 8 nitrogen and oxygen atoms in total. The second-order valence-corrected chi connectivity index (χ2v) is 7.01. The van der Waals surface area contributed by atoms with Gasteiger partial charge in [0.05, 0.1) is 42.3 Å². The maximum atomic E-state index is 14.1. The Morgan fingerprint density at radius 1 is 1.21 bits per heavy atom. The van der Waals surface area contributed by atoms with Gasteiger partial charge in [-0.3, -0.25) is 9.59 Å². The highest BCUT2D eigenvalue weighted by molar-refractivity contribution is 6.04. The third-order valence-corrected chi connectivity index (χ3v) is 4.70. The minimum Gasteiger partial charge on any atom is -0.494 e. The topological polar surface area (TPSA) is 111 Å². The van der Waals surface area contributed by atoms with E-state index in [1.807, 2.05) is 0 Å². The molecule has 0 spiro atoms. The fraction of sp³-hybridized carbons (Fsp3) is 0.227. The van der Waals surface area contributed by atoms with Gasteiger partial charge in [-0.2, -0.15) is 13.2 Å². The number of carbonyl (C=O) groups is 2. The maximum absolute atomic E-state index is 14.1. The van der Waals surface area contributed by atoms with Crippen LogP contribution in [0.15, 0.2) is 30.6 Å². The summed E-state index contributed by atoms with van der Waals surface area (Å²) < 4.78 is 58.7. The van der Waals surface area contributed by atoms with E-state index in [0.29, 0.717) is 5.69 Å². The molecule has 1 aromatic heterocycles. The minimum atomic E-state index is -4.49. The van der Waals surface area contributed by atoms with Gasteiger partial charge in [-0.05, 0) is 18.2 Å². The number of methoxy groups -OCH3 is 1. The average Bonchev–Trinajstić information content (AvgIpc) is 3.16. The predicted molar refractivity (Wildman–Crippen MR) is 116 cm³/mol. The van der Waals surface area contributed by atoms with Gasteiger partial charge in [-0.25, -0.2) is 9.37 Å². The standard InChI is InChI=1S/C22H19F4N5O3/c1-28-21(33)13-8-16(18(34-2)9-15(13)23)29-5-3-4-12-6-14(20(27)32)19-17(7-12)31(11-30-19)10-22(24,25)26/h6-9,11,29H,5,10H2,1-2H3,(H2,27,32)(H,28,33). The van der Waals surface area contributed by atoms with E-state index < -0.39 is 30.4 Å². The van der Waals surface area contributed by atoms with Crippen molar-refractivity contribution in [1.29, 1.82) is 0 Å². The molecule has 0 aliphatic carbocycles. The first kappa shape index (κ1) is 24.4. The van der Waals surface area contributed by atoms with E-state index in [0.717, 1.165) is 17.0 Å². The third kappa shape index (κ3) is 5.37. The van der Waals surface area contributed by atoms with Gasteiger partial charge < -0.3 is 25.7 Å². The second kappa shape index (κ2) is 9.70. The highest BCUT2D eigenvalue weighted by atomic mass is 19.4. The number of nitrogens with zero attached hydrogens (tertiary/aromatic N) is 2. The molecule has 0 aliphatic rings. The van der Waals surface area contributed by atoms with Crippen molar-refractivity contribution in [3.8, 4) is 17.6 Å². The first-order valence-corrected chi connectivity index (χ1v) is 9.72. The SMILES string of the molecule is CNC(=O)c1cc(NCC#Cc2cc(C(N)=O)c3ncn(CC(F)(F)F)c3c2)c(OC)cc1F. The van der Waals surface area contributed by atoms with Crippen molar-refractivity contribution in [2.24, 2.45) is 5.73 Å².